The molecule has 0 atom stereocenters. The second-order valence-corrected chi connectivity index (χ2v) is 11.4. The fourth-order valence-corrected chi connectivity index (χ4v) is 6.11. The van der Waals surface area contributed by atoms with E-state index in [9.17, 15) is 18.4 Å². The number of hydrogen-bond acceptors (Lipinski definition) is 6. The fourth-order valence-electron chi connectivity index (χ4n) is 6.11. The first-order valence-corrected chi connectivity index (χ1v) is 13.6. The van der Waals surface area contributed by atoms with Crippen LogP contribution in [0.25, 0.3) is 0 Å². The average molecular weight is 542 g/mol. The van der Waals surface area contributed by atoms with Crippen LogP contribution in [0.1, 0.15) is 49.9 Å². The summed E-state index contributed by atoms with van der Waals surface area (Å²) in [6, 6.07) is 10.3. The van der Waals surface area contributed by atoms with Crippen LogP contribution in [0.15, 0.2) is 36.4 Å². The second-order valence-electron chi connectivity index (χ2n) is 11.4. The number of amides is 2. The lowest BCUT2D eigenvalue weighted by atomic mass is 9.60. The van der Waals surface area contributed by atoms with Crippen LogP contribution in [-0.2, 0) is 4.79 Å². The van der Waals surface area contributed by atoms with Crippen molar-refractivity contribution < 1.29 is 23.1 Å². The molecule has 210 valence electrons. The van der Waals surface area contributed by atoms with Gasteiger partial charge >= 0.3 is 5.92 Å². The number of ether oxygens (including phenoxy) is 1. The van der Waals surface area contributed by atoms with E-state index in [-0.39, 0.29) is 18.0 Å². The van der Waals surface area contributed by atoms with Crippen molar-refractivity contribution in [3.63, 3.8) is 0 Å². The molecule has 10 heteroatoms. The van der Waals surface area contributed by atoms with Gasteiger partial charge in [0.05, 0.1) is 30.7 Å². The number of rotatable bonds is 6. The van der Waals surface area contributed by atoms with Gasteiger partial charge in [-0.1, -0.05) is 0 Å². The van der Waals surface area contributed by atoms with E-state index in [2.05, 4.69) is 16.0 Å². The zero-order chi connectivity index (χ0) is 27.9. The standard InChI is InChI=1S/C29H37F2N5O3/c1-18(2)36-17-29(30,31)27(38)35(3)23-8-6-20(14-24(23)36)33-22-7-5-19(13-25(22)39-4)26(37)34-21-15-28(16-21)9-11-32-12-10-28/h5-8,13-14,18,21,32-33H,9-12,15-17H2,1-4H3,(H,34,37). The van der Waals surface area contributed by atoms with E-state index in [1.165, 1.54) is 27.0 Å². The summed E-state index contributed by atoms with van der Waals surface area (Å²) >= 11 is 0. The molecule has 0 radical (unpaired) electrons. The molecule has 1 spiro atoms. The Bertz CT molecular complexity index is 1250. The number of benzene rings is 2. The lowest BCUT2D eigenvalue weighted by Crippen LogP contribution is -2.54. The largest absolute Gasteiger partial charge is 0.495 e. The summed E-state index contributed by atoms with van der Waals surface area (Å²) in [6.45, 7) is 5.04. The van der Waals surface area contributed by atoms with Gasteiger partial charge in [0.25, 0.3) is 11.8 Å². The first kappa shape index (κ1) is 27.2. The SMILES string of the molecule is COc1cc(C(=O)NC2CC3(CCNCC3)C2)ccc1Nc1ccc2c(c1)N(C(C)C)CC(F)(F)C(=O)N2C. The van der Waals surface area contributed by atoms with Crippen LogP contribution in [0.3, 0.4) is 0 Å². The molecule has 5 rings (SSSR count). The van der Waals surface area contributed by atoms with Crippen LogP contribution in [0.2, 0.25) is 0 Å². The van der Waals surface area contributed by atoms with Crippen molar-refractivity contribution >= 4 is 34.6 Å². The number of carbonyl (C=O) groups is 2. The van der Waals surface area contributed by atoms with Gasteiger partial charge in [0, 0.05) is 30.4 Å². The predicted octanol–water partition coefficient (Wildman–Crippen LogP) is 4.53. The maximum absolute atomic E-state index is 14.6. The number of anilines is 4. The van der Waals surface area contributed by atoms with Gasteiger partial charge in [-0.15, -0.1) is 0 Å². The third-order valence-electron chi connectivity index (χ3n) is 8.36. The summed E-state index contributed by atoms with van der Waals surface area (Å²) in [6.07, 6.45) is 4.38. The Kier molecular flexibility index (Phi) is 7.17. The monoisotopic (exact) mass is 541 g/mol. The van der Waals surface area contributed by atoms with Crippen LogP contribution in [-0.4, -0.2) is 63.6 Å². The number of nitrogens with zero attached hydrogens (tertiary/aromatic N) is 2. The Morgan fingerprint density at radius 1 is 1.10 bits per heavy atom. The topological polar surface area (TPSA) is 85.9 Å². The van der Waals surface area contributed by atoms with Crippen molar-refractivity contribution in [1.82, 2.24) is 10.6 Å². The number of carbonyl (C=O) groups excluding carboxylic acids is 2. The van der Waals surface area contributed by atoms with E-state index < -0.39 is 18.4 Å². The molecule has 2 aliphatic heterocycles. The van der Waals surface area contributed by atoms with Gasteiger partial charge in [-0.05, 0) is 94.4 Å². The van der Waals surface area contributed by atoms with Crippen LogP contribution >= 0.6 is 0 Å². The number of nitrogens with one attached hydrogen (secondary N) is 3. The average Bonchev–Trinajstić information content (AvgIpc) is 2.97. The van der Waals surface area contributed by atoms with E-state index in [0.717, 1.165) is 30.8 Å². The number of halogens is 2. The molecule has 2 aromatic carbocycles. The highest BCUT2D eigenvalue weighted by atomic mass is 19.3. The summed E-state index contributed by atoms with van der Waals surface area (Å²) in [7, 11) is 2.91. The highest BCUT2D eigenvalue weighted by Crippen LogP contribution is 2.48. The van der Waals surface area contributed by atoms with E-state index in [1.54, 1.807) is 41.3 Å². The third kappa shape index (κ3) is 5.26. The van der Waals surface area contributed by atoms with Crippen molar-refractivity contribution in [3.05, 3.63) is 42.0 Å². The van der Waals surface area contributed by atoms with E-state index in [0.29, 0.717) is 39.5 Å². The molecule has 1 saturated carbocycles. The van der Waals surface area contributed by atoms with Gasteiger partial charge < -0.3 is 30.5 Å². The molecule has 3 aliphatic rings. The van der Waals surface area contributed by atoms with Crippen LogP contribution in [0.5, 0.6) is 5.75 Å². The van der Waals surface area contributed by atoms with Gasteiger partial charge in [-0.2, -0.15) is 8.78 Å². The molecule has 1 saturated heterocycles. The Morgan fingerprint density at radius 3 is 2.49 bits per heavy atom. The van der Waals surface area contributed by atoms with Gasteiger partial charge in [0.15, 0.2) is 0 Å². The van der Waals surface area contributed by atoms with Gasteiger partial charge in [-0.3, -0.25) is 9.59 Å². The molecule has 0 bridgehead atoms. The molecule has 2 heterocycles. The fraction of sp³-hybridized carbons (Fsp3) is 0.517. The first-order valence-electron chi connectivity index (χ1n) is 13.6. The smallest absolute Gasteiger partial charge is 0.342 e. The predicted molar refractivity (Wildman–Crippen MR) is 149 cm³/mol. The molecule has 2 fully saturated rings. The summed E-state index contributed by atoms with van der Waals surface area (Å²) in [5, 5.41) is 9.85. The molecule has 1 aliphatic carbocycles. The minimum atomic E-state index is -3.50. The maximum Gasteiger partial charge on any atom is 0.342 e. The Balaban J connectivity index is 1.32. The zero-order valence-electron chi connectivity index (χ0n) is 22.9. The summed E-state index contributed by atoms with van der Waals surface area (Å²) in [5.41, 5.74) is 3.11. The molecule has 3 N–H and O–H groups in total. The first-order chi connectivity index (χ1) is 18.5. The van der Waals surface area contributed by atoms with Crippen molar-refractivity contribution in [2.75, 3.05) is 48.9 Å². The quantitative estimate of drug-likeness (QED) is 0.499. The summed E-state index contributed by atoms with van der Waals surface area (Å²) < 4.78 is 34.8. The Hall–Kier alpha value is -3.40. The second kappa shape index (κ2) is 10.3. The van der Waals surface area contributed by atoms with Gasteiger partial charge in [0.1, 0.15) is 5.75 Å². The summed E-state index contributed by atoms with van der Waals surface area (Å²) in [4.78, 5) is 27.9. The van der Waals surface area contributed by atoms with Gasteiger partial charge in [-0.25, -0.2) is 0 Å². The van der Waals surface area contributed by atoms with Crippen LogP contribution < -0.4 is 30.5 Å². The third-order valence-corrected chi connectivity index (χ3v) is 8.36. The highest BCUT2D eigenvalue weighted by Gasteiger charge is 2.47. The molecule has 0 aromatic heterocycles. The number of fused-ring (bicyclic) bond motifs is 1. The molecular weight excluding hydrogens is 504 g/mol. The molecule has 8 nitrogen and oxygen atoms in total. The van der Waals surface area contributed by atoms with Crippen molar-refractivity contribution in [2.24, 2.45) is 5.41 Å². The minimum absolute atomic E-state index is 0.125. The number of methoxy groups -OCH3 is 1. The highest BCUT2D eigenvalue weighted by molar-refractivity contribution is 6.03. The maximum atomic E-state index is 14.6. The zero-order valence-corrected chi connectivity index (χ0v) is 22.9. The number of alkyl halides is 2. The normalized spacial score (nSPS) is 20.3. The van der Waals surface area contributed by atoms with E-state index in [4.69, 9.17) is 4.74 Å². The van der Waals surface area contributed by atoms with Crippen LogP contribution in [0, 0.1) is 5.41 Å². The van der Waals surface area contributed by atoms with E-state index >= 15 is 0 Å². The minimum Gasteiger partial charge on any atom is -0.495 e. The summed E-state index contributed by atoms with van der Waals surface area (Å²) in [5.74, 6) is -4.37. The molecule has 39 heavy (non-hydrogen) atoms. The van der Waals surface area contributed by atoms with Crippen molar-refractivity contribution in [3.8, 4) is 5.75 Å². The lowest BCUT2D eigenvalue weighted by molar-refractivity contribution is -0.140. The Morgan fingerprint density at radius 2 is 1.82 bits per heavy atom. The Labute approximate surface area is 228 Å². The van der Waals surface area contributed by atoms with E-state index in [1.807, 2.05) is 13.8 Å². The molecule has 2 aromatic rings. The van der Waals surface area contributed by atoms with Crippen LogP contribution in [0.4, 0.5) is 31.5 Å². The number of hydrogen-bond donors (Lipinski definition) is 3. The lowest BCUT2D eigenvalue weighted by Gasteiger charge is -2.50. The van der Waals surface area contributed by atoms with Crippen molar-refractivity contribution in [1.29, 1.82) is 0 Å². The molecule has 2 amide bonds. The van der Waals surface area contributed by atoms with Gasteiger partial charge in [0.2, 0.25) is 0 Å². The molecular formula is C29H37F2N5O3. The van der Waals surface area contributed by atoms with Crippen molar-refractivity contribution in [2.45, 2.75) is 57.5 Å². The molecule has 0 unspecified atom stereocenters. The number of piperidine rings is 1.